The smallest absolute Gasteiger partial charge is 0.279 e. The van der Waals surface area contributed by atoms with E-state index in [1.165, 1.54) is 11.4 Å². The summed E-state index contributed by atoms with van der Waals surface area (Å²) >= 11 is 0. The summed E-state index contributed by atoms with van der Waals surface area (Å²) in [7, 11) is -1.76. The Morgan fingerprint density at radius 2 is 2.21 bits per heavy atom. The van der Waals surface area contributed by atoms with Crippen molar-refractivity contribution in [2.24, 2.45) is 11.7 Å². The summed E-state index contributed by atoms with van der Waals surface area (Å²) in [5.74, 6) is 0.314. The number of nitrogens with two attached hydrogens (primary N) is 1. The molecule has 0 aromatic heterocycles. The molecule has 0 bridgehead atoms. The van der Waals surface area contributed by atoms with Gasteiger partial charge in [0.2, 0.25) is 0 Å². The standard InChI is InChI=1S/C7H17N3O3S/c1-13-3-2-9-14(11,12)10-5-7(4-8)6-10/h7,9H,2-6,8H2,1H3. The van der Waals surface area contributed by atoms with Crippen molar-refractivity contribution in [3.8, 4) is 0 Å². The highest BCUT2D eigenvalue weighted by atomic mass is 32.2. The van der Waals surface area contributed by atoms with Gasteiger partial charge in [-0.25, -0.2) is 0 Å². The summed E-state index contributed by atoms with van der Waals surface area (Å²) in [5, 5.41) is 0. The molecule has 1 fully saturated rings. The maximum absolute atomic E-state index is 11.5. The maximum atomic E-state index is 11.5. The summed E-state index contributed by atoms with van der Waals surface area (Å²) in [6.45, 7) is 2.29. The molecule has 3 N–H and O–H groups in total. The first-order valence-electron chi connectivity index (χ1n) is 4.54. The molecule has 1 rings (SSSR count). The van der Waals surface area contributed by atoms with Gasteiger partial charge in [-0.3, -0.25) is 0 Å². The molecule has 7 heteroatoms. The number of hydrogen-bond donors (Lipinski definition) is 2. The van der Waals surface area contributed by atoms with Crippen LogP contribution in [0.2, 0.25) is 0 Å². The van der Waals surface area contributed by atoms with Crippen molar-refractivity contribution in [2.45, 2.75) is 0 Å². The normalized spacial score (nSPS) is 19.6. The van der Waals surface area contributed by atoms with Crippen molar-refractivity contribution in [3.05, 3.63) is 0 Å². The number of nitrogens with one attached hydrogen (secondary N) is 1. The highest BCUT2D eigenvalue weighted by Crippen LogP contribution is 2.16. The number of methoxy groups -OCH3 is 1. The topological polar surface area (TPSA) is 84.7 Å². The average Bonchev–Trinajstić information content (AvgIpc) is 2.02. The minimum Gasteiger partial charge on any atom is -0.383 e. The zero-order valence-corrected chi connectivity index (χ0v) is 9.09. The molecule has 0 atom stereocenters. The molecule has 0 radical (unpaired) electrons. The monoisotopic (exact) mass is 223 g/mol. The summed E-state index contributed by atoms with van der Waals surface area (Å²) in [6.07, 6.45) is 0. The number of nitrogens with zero attached hydrogens (tertiary/aromatic N) is 1. The van der Waals surface area contributed by atoms with E-state index in [4.69, 9.17) is 10.5 Å². The fourth-order valence-corrected chi connectivity index (χ4v) is 2.57. The van der Waals surface area contributed by atoms with Crippen LogP contribution in [0.4, 0.5) is 0 Å². The predicted molar refractivity (Wildman–Crippen MR) is 52.9 cm³/mol. The molecule has 1 heterocycles. The van der Waals surface area contributed by atoms with Gasteiger partial charge in [-0.15, -0.1) is 0 Å². The molecule has 1 aliphatic rings. The second-order valence-electron chi connectivity index (χ2n) is 3.31. The predicted octanol–water partition coefficient (Wildman–Crippen LogP) is -1.64. The molecule has 1 saturated heterocycles. The van der Waals surface area contributed by atoms with Gasteiger partial charge in [-0.2, -0.15) is 17.4 Å². The zero-order valence-electron chi connectivity index (χ0n) is 8.27. The number of rotatable bonds is 6. The molecule has 1 aliphatic heterocycles. The Balaban J connectivity index is 2.29. The van der Waals surface area contributed by atoms with E-state index in [1.807, 2.05) is 0 Å². The van der Waals surface area contributed by atoms with Crippen molar-refractivity contribution in [2.75, 3.05) is 39.9 Å². The lowest BCUT2D eigenvalue weighted by molar-refractivity contribution is 0.193. The van der Waals surface area contributed by atoms with E-state index in [0.717, 1.165) is 0 Å². The van der Waals surface area contributed by atoms with Gasteiger partial charge in [-0.05, 0) is 12.5 Å². The SMILES string of the molecule is COCCNS(=O)(=O)N1CC(CN)C1. The highest BCUT2D eigenvalue weighted by molar-refractivity contribution is 7.87. The Kier molecular flexibility index (Phi) is 4.27. The third-order valence-corrected chi connectivity index (χ3v) is 3.73. The first-order valence-corrected chi connectivity index (χ1v) is 5.98. The van der Waals surface area contributed by atoms with E-state index in [0.29, 0.717) is 38.7 Å². The molecule has 6 nitrogen and oxygen atoms in total. The van der Waals surface area contributed by atoms with Crippen LogP contribution < -0.4 is 10.5 Å². The summed E-state index contributed by atoms with van der Waals surface area (Å²) in [6, 6.07) is 0. The summed E-state index contributed by atoms with van der Waals surface area (Å²) in [5.41, 5.74) is 5.40. The van der Waals surface area contributed by atoms with Crippen LogP contribution in [-0.4, -0.2) is 52.6 Å². The van der Waals surface area contributed by atoms with Crippen LogP contribution in [0.3, 0.4) is 0 Å². The lowest BCUT2D eigenvalue weighted by Crippen LogP contribution is -2.56. The number of ether oxygens (including phenoxy) is 1. The fourth-order valence-electron chi connectivity index (χ4n) is 1.23. The molecule has 0 aromatic carbocycles. The van der Waals surface area contributed by atoms with Crippen molar-refractivity contribution in [1.29, 1.82) is 0 Å². The molecular formula is C7H17N3O3S. The summed E-state index contributed by atoms with van der Waals surface area (Å²) in [4.78, 5) is 0. The quantitative estimate of drug-likeness (QED) is 0.529. The molecule has 0 saturated carbocycles. The van der Waals surface area contributed by atoms with Crippen molar-refractivity contribution in [1.82, 2.24) is 9.03 Å². The van der Waals surface area contributed by atoms with Gasteiger partial charge < -0.3 is 10.5 Å². The van der Waals surface area contributed by atoms with E-state index in [-0.39, 0.29) is 0 Å². The minimum absolute atomic E-state index is 0.308. The van der Waals surface area contributed by atoms with Crippen LogP contribution in [0.5, 0.6) is 0 Å². The number of hydrogen-bond acceptors (Lipinski definition) is 4. The Hall–Kier alpha value is -0.210. The Morgan fingerprint density at radius 1 is 1.57 bits per heavy atom. The van der Waals surface area contributed by atoms with Crippen LogP contribution in [0, 0.1) is 5.92 Å². The van der Waals surface area contributed by atoms with Crippen LogP contribution in [0.1, 0.15) is 0 Å². The fraction of sp³-hybridized carbons (Fsp3) is 1.00. The lowest BCUT2D eigenvalue weighted by Gasteiger charge is -2.37. The van der Waals surface area contributed by atoms with E-state index < -0.39 is 10.2 Å². The third kappa shape index (κ3) is 2.89. The van der Waals surface area contributed by atoms with Gasteiger partial charge in [0.1, 0.15) is 0 Å². The highest BCUT2D eigenvalue weighted by Gasteiger charge is 2.34. The largest absolute Gasteiger partial charge is 0.383 e. The maximum Gasteiger partial charge on any atom is 0.279 e. The minimum atomic E-state index is -3.29. The lowest BCUT2D eigenvalue weighted by atomic mass is 10.0. The Morgan fingerprint density at radius 3 is 2.71 bits per heavy atom. The van der Waals surface area contributed by atoms with E-state index in [9.17, 15) is 8.42 Å². The molecule has 0 aliphatic carbocycles. The van der Waals surface area contributed by atoms with Crippen molar-refractivity contribution >= 4 is 10.2 Å². The van der Waals surface area contributed by atoms with Gasteiger partial charge in [-0.1, -0.05) is 0 Å². The van der Waals surface area contributed by atoms with Gasteiger partial charge in [0, 0.05) is 26.7 Å². The second kappa shape index (κ2) is 5.04. The Labute approximate surface area is 84.6 Å². The molecule has 14 heavy (non-hydrogen) atoms. The van der Waals surface area contributed by atoms with Gasteiger partial charge in [0.05, 0.1) is 6.61 Å². The van der Waals surface area contributed by atoms with E-state index >= 15 is 0 Å². The molecular weight excluding hydrogens is 206 g/mol. The molecule has 0 amide bonds. The van der Waals surface area contributed by atoms with Crippen LogP contribution >= 0.6 is 0 Å². The second-order valence-corrected chi connectivity index (χ2v) is 5.07. The van der Waals surface area contributed by atoms with Gasteiger partial charge >= 0.3 is 0 Å². The Bertz CT molecular complexity index is 261. The molecule has 0 aromatic rings. The van der Waals surface area contributed by atoms with Crippen LogP contribution in [-0.2, 0) is 14.9 Å². The third-order valence-electron chi connectivity index (χ3n) is 2.19. The van der Waals surface area contributed by atoms with Gasteiger partial charge in [0.25, 0.3) is 10.2 Å². The first-order chi connectivity index (χ1) is 6.60. The van der Waals surface area contributed by atoms with E-state index in [1.54, 1.807) is 0 Å². The van der Waals surface area contributed by atoms with Crippen LogP contribution in [0.25, 0.3) is 0 Å². The molecule has 84 valence electrons. The zero-order chi connectivity index (χ0) is 10.6. The molecule has 0 spiro atoms. The molecule has 0 unspecified atom stereocenters. The van der Waals surface area contributed by atoms with Crippen molar-refractivity contribution < 1.29 is 13.2 Å². The van der Waals surface area contributed by atoms with Gasteiger partial charge in [0.15, 0.2) is 0 Å². The van der Waals surface area contributed by atoms with E-state index in [2.05, 4.69) is 4.72 Å². The van der Waals surface area contributed by atoms with Crippen molar-refractivity contribution in [3.63, 3.8) is 0 Å². The van der Waals surface area contributed by atoms with Crippen LogP contribution in [0.15, 0.2) is 0 Å². The first kappa shape index (κ1) is 11.9. The summed E-state index contributed by atoms with van der Waals surface area (Å²) < 4.78 is 31.5. The average molecular weight is 223 g/mol.